The summed E-state index contributed by atoms with van der Waals surface area (Å²) in [5, 5.41) is 12.3. The standard InChI is InChI=1S/C24H22FN3OS/c1-3-6-17(25)10-9-15(2)23-19-14-18(11-12-20(19)27-28-23)26-24(29)22-13-16-7-4-5-8-21(16)30-22/h4-15H,3H2,1-2H3,(H,26,29)(H,27,28)/b10-9-,17-6+. The van der Waals surface area contributed by atoms with Crippen molar-refractivity contribution in [1.82, 2.24) is 10.2 Å². The average molecular weight is 420 g/mol. The number of thiophene rings is 1. The van der Waals surface area contributed by atoms with Gasteiger partial charge >= 0.3 is 0 Å². The molecule has 0 saturated heterocycles. The number of hydrogen-bond acceptors (Lipinski definition) is 3. The molecule has 1 unspecified atom stereocenters. The van der Waals surface area contributed by atoms with Crippen molar-refractivity contribution < 1.29 is 9.18 Å². The van der Waals surface area contributed by atoms with Crippen LogP contribution in [0.2, 0.25) is 0 Å². The first-order valence-electron chi connectivity index (χ1n) is 9.87. The SMILES string of the molecule is CC/C=C(F)\C=C/C(C)c1[nH]nc2ccc(NC(=O)c3cc4ccccc4s3)cc12. The van der Waals surface area contributed by atoms with Crippen LogP contribution >= 0.6 is 11.3 Å². The topological polar surface area (TPSA) is 57.8 Å². The second-order valence-corrected chi connectivity index (χ2v) is 8.20. The second-order valence-electron chi connectivity index (χ2n) is 7.12. The van der Waals surface area contributed by atoms with E-state index in [-0.39, 0.29) is 17.7 Å². The molecule has 2 aromatic carbocycles. The van der Waals surface area contributed by atoms with E-state index in [0.717, 1.165) is 26.7 Å². The lowest BCUT2D eigenvalue weighted by atomic mass is 10.0. The number of aromatic amines is 1. The maximum Gasteiger partial charge on any atom is 0.265 e. The van der Waals surface area contributed by atoms with Crippen LogP contribution in [0.3, 0.4) is 0 Å². The summed E-state index contributed by atoms with van der Waals surface area (Å²) in [6.45, 7) is 3.87. The van der Waals surface area contributed by atoms with Gasteiger partial charge in [0.2, 0.25) is 0 Å². The average Bonchev–Trinajstić information content (AvgIpc) is 3.36. The molecule has 2 N–H and O–H groups in total. The molecule has 1 amide bonds. The zero-order chi connectivity index (χ0) is 21.1. The normalized spacial score (nSPS) is 13.4. The number of nitrogens with zero attached hydrogens (tertiary/aromatic N) is 1. The monoisotopic (exact) mass is 419 g/mol. The summed E-state index contributed by atoms with van der Waals surface area (Å²) in [5.74, 6) is -0.440. The van der Waals surface area contributed by atoms with E-state index in [1.807, 2.05) is 62.4 Å². The molecule has 0 fully saturated rings. The fourth-order valence-corrected chi connectivity index (χ4v) is 4.29. The number of allylic oxidation sites excluding steroid dienone is 4. The summed E-state index contributed by atoms with van der Waals surface area (Å²) in [7, 11) is 0. The van der Waals surface area contributed by atoms with Crippen molar-refractivity contribution in [2.45, 2.75) is 26.2 Å². The lowest BCUT2D eigenvalue weighted by Gasteiger charge is -2.06. The van der Waals surface area contributed by atoms with E-state index < -0.39 is 0 Å². The van der Waals surface area contributed by atoms with Gasteiger partial charge in [0.15, 0.2) is 0 Å². The van der Waals surface area contributed by atoms with Crippen LogP contribution in [0.5, 0.6) is 0 Å². The minimum absolute atomic E-state index is 0.0560. The van der Waals surface area contributed by atoms with E-state index in [0.29, 0.717) is 17.0 Å². The van der Waals surface area contributed by atoms with Crippen LogP contribution in [0, 0.1) is 0 Å². The number of nitrogens with one attached hydrogen (secondary N) is 2. The van der Waals surface area contributed by atoms with Crippen molar-refractivity contribution >= 4 is 43.9 Å². The van der Waals surface area contributed by atoms with E-state index in [1.54, 1.807) is 6.08 Å². The molecule has 4 aromatic rings. The molecule has 0 aliphatic heterocycles. The van der Waals surface area contributed by atoms with Crippen LogP contribution in [-0.4, -0.2) is 16.1 Å². The third-order valence-electron chi connectivity index (χ3n) is 4.89. The molecule has 0 saturated carbocycles. The Labute approximate surface area is 178 Å². The molecule has 0 aliphatic carbocycles. The van der Waals surface area contributed by atoms with E-state index in [4.69, 9.17) is 0 Å². The Bertz CT molecular complexity index is 1230. The molecule has 0 radical (unpaired) electrons. The number of halogens is 1. The highest BCUT2D eigenvalue weighted by Crippen LogP contribution is 2.29. The Kier molecular flexibility index (Phi) is 5.77. The first kappa shape index (κ1) is 20.0. The van der Waals surface area contributed by atoms with Crippen LogP contribution in [-0.2, 0) is 0 Å². The first-order chi connectivity index (χ1) is 14.5. The van der Waals surface area contributed by atoms with Gasteiger partial charge in [0.25, 0.3) is 5.91 Å². The number of fused-ring (bicyclic) bond motifs is 2. The van der Waals surface area contributed by atoms with Crippen LogP contribution in [0.15, 0.2) is 72.6 Å². The predicted molar refractivity (Wildman–Crippen MR) is 123 cm³/mol. The fourth-order valence-electron chi connectivity index (χ4n) is 3.34. The van der Waals surface area contributed by atoms with Gasteiger partial charge in [0.1, 0.15) is 5.83 Å². The molecule has 0 spiro atoms. The fraction of sp³-hybridized carbons (Fsp3) is 0.167. The van der Waals surface area contributed by atoms with E-state index in [2.05, 4.69) is 15.5 Å². The van der Waals surface area contributed by atoms with Crippen LogP contribution in [0.25, 0.3) is 21.0 Å². The molecule has 0 bridgehead atoms. The van der Waals surface area contributed by atoms with Crippen LogP contribution in [0.4, 0.5) is 10.1 Å². The summed E-state index contributed by atoms with van der Waals surface area (Å²) in [4.78, 5) is 13.4. The Morgan fingerprint density at radius 2 is 2.10 bits per heavy atom. The number of hydrogen-bond donors (Lipinski definition) is 2. The number of anilines is 1. The molecule has 152 valence electrons. The summed E-state index contributed by atoms with van der Waals surface area (Å²) >= 11 is 1.47. The molecule has 30 heavy (non-hydrogen) atoms. The van der Waals surface area contributed by atoms with Crippen molar-refractivity contribution in [3.05, 3.63) is 83.2 Å². The van der Waals surface area contributed by atoms with Crippen LogP contribution in [0.1, 0.15) is 41.6 Å². The van der Waals surface area contributed by atoms with E-state index in [1.165, 1.54) is 23.5 Å². The van der Waals surface area contributed by atoms with Gasteiger partial charge in [-0.2, -0.15) is 5.10 Å². The number of carbonyl (C=O) groups is 1. The molecule has 4 rings (SSSR count). The highest BCUT2D eigenvalue weighted by Gasteiger charge is 2.14. The predicted octanol–water partition coefficient (Wildman–Crippen LogP) is 6.95. The summed E-state index contributed by atoms with van der Waals surface area (Å²) < 4.78 is 14.8. The lowest BCUT2D eigenvalue weighted by Crippen LogP contribution is -2.09. The smallest absolute Gasteiger partial charge is 0.265 e. The van der Waals surface area contributed by atoms with Gasteiger partial charge in [-0.3, -0.25) is 9.89 Å². The van der Waals surface area contributed by atoms with Crippen molar-refractivity contribution in [3.8, 4) is 0 Å². The van der Waals surface area contributed by atoms with E-state index in [9.17, 15) is 9.18 Å². The van der Waals surface area contributed by atoms with Crippen LogP contribution < -0.4 is 5.32 Å². The summed E-state index contributed by atoms with van der Waals surface area (Å²) in [6.07, 6.45) is 5.47. The third kappa shape index (κ3) is 4.19. The highest BCUT2D eigenvalue weighted by molar-refractivity contribution is 7.20. The van der Waals surface area contributed by atoms with Crippen molar-refractivity contribution in [3.63, 3.8) is 0 Å². The summed E-state index contributed by atoms with van der Waals surface area (Å²) in [6, 6.07) is 15.4. The van der Waals surface area contributed by atoms with Gasteiger partial charge in [-0.05, 0) is 54.3 Å². The minimum Gasteiger partial charge on any atom is -0.321 e. The maximum atomic E-state index is 13.7. The molecular formula is C24H22FN3OS. The summed E-state index contributed by atoms with van der Waals surface area (Å²) in [5.41, 5.74) is 2.37. The van der Waals surface area contributed by atoms with Gasteiger partial charge < -0.3 is 5.32 Å². The zero-order valence-corrected chi connectivity index (χ0v) is 17.6. The van der Waals surface area contributed by atoms with Gasteiger partial charge in [0, 0.05) is 27.4 Å². The Balaban J connectivity index is 1.57. The van der Waals surface area contributed by atoms with Crippen molar-refractivity contribution in [2.24, 2.45) is 0 Å². The molecule has 0 aliphatic rings. The third-order valence-corrected chi connectivity index (χ3v) is 6.00. The zero-order valence-electron chi connectivity index (χ0n) is 16.8. The van der Waals surface area contributed by atoms with Gasteiger partial charge in [-0.15, -0.1) is 11.3 Å². The lowest BCUT2D eigenvalue weighted by molar-refractivity contribution is 0.103. The minimum atomic E-state index is -0.246. The molecule has 1 atom stereocenters. The largest absolute Gasteiger partial charge is 0.321 e. The molecular weight excluding hydrogens is 397 g/mol. The van der Waals surface area contributed by atoms with Gasteiger partial charge in [-0.25, -0.2) is 4.39 Å². The van der Waals surface area contributed by atoms with Gasteiger partial charge in [-0.1, -0.05) is 38.1 Å². The quantitative estimate of drug-likeness (QED) is 0.332. The molecule has 2 heterocycles. The molecule has 4 nitrogen and oxygen atoms in total. The number of rotatable bonds is 6. The first-order valence-corrected chi connectivity index (χ1v) is 10.7. The molecule has 6 heteroatoms. The number of H-pyrrole nitrogens is 1. The number of amides is 1. The van der Waals surface area contributed by atoms with Gasteiger partial charge in [0.05, 0.1) is 10.4 Å². The molecule has 2 aromatic heterocycles. The van der Waals surface area contributed by atoms with E-state index >= 15 is 0 Å². The Morgan fingerprint density at radius 3 is 2.90 bits per heavy atom. The second kappa shape index (κ2) is 8.63. The number of aromatic nitrogens is 2. The number of benzene rings is 2. The highest BCUT2D eigenvalue weighted by atomic mass is 32.1. The van der Waals surface area contributed by atoms with Crippen molar-refractivity contribution in [2.75, 3.05) is 5.32 Å². The van der Waals surface area contributed by atoms with Crippen molar-refractivity contribution in [1.29, 1.82) is 0 Å². The maximum absolute atomic E-state index is 13.7. The Morgan fingerprint density at radius 1 is 1.27 bits per heavy atom. The Hall–Kier alpha value is -3.25. The number of carbonyl (C=O) groups excluding carboxylic acids is 1.